The first-order valence-electron chi connectivity index (χ1n) is 10.2. The molecule has 0 fully saturated rings. The molecule has 0 aliphatic heterocycles. The number of aromatic nitrogens is 2. The highest BCUT2D eigenvalue weighted by Gasteiger charge is 2.15. The van der Waals surface area contributed by atoms with Gasteiger partial charge in [-0.05, 0) is 28.0 Å². The van der Waals surface area contributed by atoms with E-state index in [9.17, 15) is 0 Å². The average Bonchev–Trinajstić information content (AvgIpc) is 2.66. The van der Waals surface area contributed by atoms with Crippen LogP contribution in [0.3, 0.4) is 0 Å². The van der Waals surface area contributed by atoms with Gasteiger partial charge in [-0.25, -0.2) is 9.97 Å². The maximum Gasteiger partial charge on any atom is 0.129 e. The molecule has 0 spiro atoms. The van der Waals surface area contributed by atoms with Crippen molar-refractivity contribution in [2.45, 2.75) is 65.7 Å². The first-order chi connectivity index (χ1) is 13.1. The van der Waals surface area contributed by atoms with Crippen molar-refractivity contribution in [2.75, 3.05) is 0 Å². The molecule has 1 heterocycles. The van der Waals surface area contributed by atoms with Gasteiger partial charge >= 0.3 is 0 Å². The Balaban J connectivity index is 2.01. The van der Waals surface area contributed by atoms with Gasteiger partial charge in [0.2, 0.25) is 0 Å². The quantitative estimate of drug-likeness (QED) is 0.496. The van der Waals surface area contributed by atoms with Gasteiger partial charge in [-0.3, -0.25) is 0 Å². The zero-order chi connectivity index (χ0) is 20.5. The summed E-state index contributed by atoms with van der Waals surface area (Å²) in [6, 6.07) is 19.6. The van der Waals surface area contributed by atoms with Crippen molar-refractivity contribution in [1.29, 1.82) is 0 Å². The number of rotatable bonds is 3. The third kappa shape index (κ3) is 4.49. The minimum absolute atomic E-state index is 0.152. The molecule has 0 saturated heterocycles. The van der Waals surface area contributed by atoms with Crippen LogP contribution in [0, 0.1) is 0 Å². The summed E-state index contributed by atoms with van der Waals surface area (Å²) in [4.78, 5) is 9.57. The second-order valence-corrected chi connectivity index (χ2v) is 9.56. The second-order valence-electron chi connectivity index (χ2n) is 9.56. The van der Waals surface area contributed by atoms with Gasteiger partial charge < -0.3 is 0 Å². The number of aryl methyl sites for hydroxylation is 1. The molecule has 0 atom stereocenters. The minimum atomic E-state index is 0.152. The Morgan fingerprint density at radius 1 is 0.607 bits per heavy atom. The summed E-state index contributed by atoms with van der Waals surface area (Å²) in [5, 5.41) is 0. The second kappa shape index (κ2) is 7.50. The number of nitrogens with zero attached hydrogens (tertiary/aromatic N) is 2. The van der Waals surface area contributed by atoms with Crippen molar-refractivity contribution >= 4 is 0 Å². The Hall–Kier alpha value is -2.48. The number of hydrogen-bond acceptors (Lipinski definition) is 2. The minimum Gasteiger partial charge on any atom is -0.233 e. The fourth-order valence-electron chi connectivity index (χ4n) is 3.23. The van der Waals surface area contributed by atoms with Gasteiger partial charge in [-0.15, -0.1) is 0 Å². The SMILES string of the molecule is CCc1nc(-c2ccc(C(C)(C)C)cc2)cc(-c2ccc(C(C)(C)C)cc2)n1. The van der Waals surface area contributed by atoms with E-state index in [1.165, 1.54) is 11.1 Å². The summed E-state index contributed by atoms with van der Waals surface area (Å²) in [5.74, 6) is 0.882. The highest BCUT2D eigenvalue weighted by atomic mass is 14.9. The standard InChI is InChI=1S/C26H32N2/c1-8-24-27-22(18-9-13-20(14-10-18)25(2,3)4)17-23(28-24)19-11-15-21(16-12-19)26(5,6)7/h9-17H,8H2,1-7H3. The molecule has 2 aromatic carbocycles. The smallest absolute Gasteiger partial charge is 0.129 e. The van der Waals surface area contributed by atoms with Crippen LogP contribution >= 0.6 is 0 Å². The molecule has 0 unspecified atom stereocenters. The maximum atomic E-state index is 4.79. The lowest BCUT2D eigenvalue weighted by molar-refractivity contribution is 0.590. The first kappa shape index (κ1) is 20.3. The van der Waals surface area contributed by atoms with Crippen LogP contribution in [0.25, 0.3) is 22.5 Å². The summed E-state index contributed by atoms with van der Waals surface area (Å²) in [6.45, 7) is 15.5. The van der Waals surface area contributed by atoms with Crippen molar-refractivity contribution in [1.82, 2.24) is 9.97 Å². The topological polar surface area (TPSA) is 25.8 Å². The fraction of sp³-hybridized carbons (Fsp3) is 0.385. The number of hydrogen-bond donors (Lipinski definition) is 0. The maximum absolute atomic E-state index is 4.79. The molecule has 0 radical (unpaired) electrons. The van der Waals surface area contributed by atoms with Crippen LogP contribution in [0.4, 0.5) is 0 Å². The summed E-state index contributed by atoms with van der Waals surface area (Å²) < 4.78 is 0. The van der Waals surface area contributed by atoms with E-state index < -0.39 is 0 Å². The third-order valence-electron chi connectivity index (χ3n) is 5.18. The van der Waals surface area contributed by atoms with Crippen LogP contribution in [-0.2, 0) is 17.3 Å². The van der Waals surface area contributed by atoms with E-state index in [2.05, 4.69) is 103 Å². The van der Waals surface area contributed by atoms with Crippen molar-refractivity contribution in [3.63, 3.8) is 0 Å². The molecule has 1 aromatic heterocycles. The van der Waals surface area contributed by atoms with Gasteiger partial charge in [-0.1, -0.05) is 97.0 Å². The lowest BCUT2D eigenvalue weighted by Gasteiger charge is -2.19. The van der Waals surface area contributed by atoms with Gasteiger partial charge in [0.05, 0.1) is 11.4 Å². The Labute approximate surface area is 170 Å². The molecule has 0 amide bonds. The van der Waals surface area contributed by atoms with Crippen LogP contribution in [0.2, 0.25) is 0 Å². The van der Waals surface area contributed by atoms with Crippen molar-refractivity contribution in [2.24, 2.45) is 0 Å². The summed E-state index contributed by atoms with van der Waals surface area (Å²) in [5.41, 5.74) is 7.22. The monoisotopic (exact) mass is 372 g/mol. The van der Waals surface area contributed by atoms with E-state index in [4.69, 9.17) is 9.97 Å². The van der Waals surface area contributed by atoms with E-state index in [1.807, 2.05) is 0 Å². The third-order valence-corrected chi connectivity index (χ3v) is 5.18. The lowest BCUT2D eigenvalue weighted by Crippen LogP contribution is -2.10. The van der Waals surface area contributed by atoms with Crippen LogP contribution in [0.5, 0.6) is 0 Å². The first-order valence-corrected chi connectivity index (χ1v) is 10.2. The molecule has 0 aliphatic carbocycles. The molecule has 2 heteroatoms. The Bertz CT molecular complexity index is 862. The van der Waals surface area contributed by atoms with Crippen LogP contribution in [0.1, 0.15) is 65.4 Å². The van der Waals surface area contributed by atoms with Crippen molar-refractivity contribution < 1.29 is 0 Å². The zero-order valence-corrected chi connectivity index (χ0v) is 18.3. The normalized spacial score (nSPS) is 12.2. The summed E-state index contributed by atoms with van der Waals surface area (Å²) >= 11 is 0. The summed E-state index contributed by atoms with van der Waals surface area (Å²) in [7, 11) is 0. The van der Waals surface area contributed by atoms with Gasteiger partial charge in [0.1, 0.15) is 5.82 Å². The molecule has 0 bridgehead atoms. The average molecular weight is 373 g/mol. The molecule has 3 rings (SSSR count). The van der Waals surface area contributed by atoms with Gasteiger partial charge in [0.15, 0.2) is 0 Å². The van der Waals surface area contributed by atoms with Gasteiger partial charge in [0, 0.05) is 17.5 Å². The van der Waals surface area contributed by atoms with E-state index >= 15 is 0 Å². The van der Waals surface area contributed by atoms with E-state index in [0.29, 0.717) is 0 Å². The molecular formula is C26H32N2. The van der Waals surface area contributed by atoms with E-state index in [-0.39, 0.29) is 10.8 Å². The van der Waals surface area contributed by atoms with E-state index in [0.717, 1.165) is 34.8 Å². The Morgan fingerprint density at radius 3 is 1.25 bits per heavy atom. The molecule has 146 valence electrons. The van der Waals surface area contributed by atoms with Crippen LogP contribution in [-0.4, -0.2) is 9.97 Å². The molecule has 3 aromatic rings. The zero-order valence-electron chi connectivity index (χ0n) is 18.3. The van der Waals surface area contributed by atoms with Crippen LogP contribution < -0.4 is 0 Å². The lowest BCUT2D eigenvalue weighted by atomic mass is 9.86. The molecule has 28 heavy (non-hydrogen) atoms. The Kier molecular flexibility index (Phi) is 5.43. The number of benzene rings is 2. The molecule has 0 N–H and O–H groups in total. The fourth-order valence-corrected chi connectivity index (χ4v) is 3.23. The van der Waals surface area contributed by atoms with Gasteiger partial charge in [-0.2, -0.15) is 0 Å². The molecule has 0 saturated carbocycles. The predicted molar refractivity (Wildman–Crippen MR) is 120 cm³/mol. The predicted octanol–water partition coefficient (Wildman–Crippen LogP) is 6.97. The highest BCUT2D eigenvalue weighted by Crippen LogP contribution is 2.29. The largest absolute Gasteiger partial charge is 0.233 e. The van der Waals surface area contributed by atoms with Gasteiger partial charge in [0.25, 0.3) is 0 Å². The molecule has 2 nitrogen and oxygen atoms in total. The van der Waals surface area contributed by atoms with Crippen LogP contribution in [0.15, 0.2) is 54.6 Å². The van der Waals surface area contributed by atoms with E-state index in [1.54, 1.807) is 0 Å². The molecular weight excluding hydrogens is 340 g/mol. The Morgan fingerprint density at radius 2 is 0.964 bits per heavy atom. The van der Waals surface area contributed by atoms with Crippen molar-refractivity contribution in [3.05, 3.63) is 71.5 Å². The molecule has 0 aliphatic rings. The van der Waals surface area contributed by atoms with Crippen molar-refractivity contribution in [3.8, 4) is 22.5 Å². The summed E-state index contributed by atoms with van der Waals surface area (Å²) in [6.07, 6.45) is 0.820. The highest BCUT2D eigenvalue weighted by molar-refractivity contribution is 5.68.